The van der Waals surface area contributed by atoms with E-state index in [0.717, 1.165) is 17.2 Å². The average Bonchev–Trinajstić information content (AvgIpc) is 2.44. The van der Waals surface area contributed by atoms with E-state index < -0.39 is 11.6 Å². The highest BCUT2D eigenvalue weighted by Crippen LogP contribution is 2.17. The maximum Gasteiger partial charge on any atom is 0.126 e. The van der Waals surface area contributed by atoms with Crippen LogP contribution in [0.5, 0.6) is 0 Å². The number of benzene rings is 2. The van der Waals surface area contributed by atoms with E-state index >= 15 is 0 Å². The van der Waals surface area contributed by atoms with Crippen molar-refractivity contribution >= 4 is 0 Å². The summed E-state index contributed by atoms with van der Waals surface area (Å²) in [4.78, 5) is 0. The van der Waals surface area contributed by atoms with Crippen LogP contribution in [-0.2, 0) is 17.9 Å². The quantitative estimate of drug-likeness (QED) is 0.869. The van der Waals surface area contributed by atoms with Gasteiger partial charge in [-0.05, 0) is 35.7 Å². The van der Waals surface area contributed by atoms with Crippen molar-refractivity contribution in [2.24, 2.45) is 0 Å². The Bertz CT molecular complexity index is 581. The fraction of sp³-hybridized carbons (Fsp3) is 0.294. The summed E-state index contributed by atoms with van der Waals surface area (Å²) in [6.07, 6.45) is 0. The van der Waals surface area contributed by atoms with Crippen molar-refractivity contribution in [1.29, 1.82) is 0 Å². The number of nitrogens with one attached hydrogen (secondary N) is 1. The minimum atomic E-state index is -0.555. The minimum absolute atomic E-state index is 0.138. The van der Waals surface area contributed by atoms with Crippen LogP contribution < -0.4 is 5.32 Å². The molecule has 112 valence electrons. The largest absolute Gasteiger partial charge is 0.380 e. The van der Waals surface area contributed by atoms with Crippen molar-refractivity contribution in [1.82, 2.24) is 5.32 Å². The summed E-state index contributed by atoms with van der Waals surface area (Å²) in [6.45, 7) is 3.07. The standard InChI is InChI=1S/C17H19F2NO/c1-12(15-7-16(18)9-17(19)8-15)20-10-13-4-3-5-14(6-13)11-21-2/h3-9,12,20H,10-11H2,1-2H3. The molecule has 4 heteroatoms. The Hall–Kier alpha value is -1.78. The van der Waals surface area contributed by atoms with Gasteiger partial charge in [-0.1, -0.05) is 24.3 Å². The second kappa shape index (κ2) is 7.29. The lowest BCUT2D eigenvalue weighted by Crippen LogP contribution is -2.18. The van der Waals surface area contributed by atoms with Crippen LogP contribution >= 0.6 is 0 Å². The monoisotopic (exact) mass is 291 g/mol. The van der Waals surface area contributed by atoms with Gasteiger partial charge in [-0.2, -0.15) is 0 Å². The molecule has 1 N–H and O–H groups in total. The van der Waals surface area contributed by atoms with E-state index in [4.69, 9.17) is 4.74 Å². The van der Waals surface area contributed by atoms with Gasteiger partial charge >= 0.3 is 0 Å². The van der Waals surface area contributed by atoms with E-state index in [2.05, 4.69) is 11.4 Å². The van der Waals surface area contributed by atoms with E-state index in [9.17, 15) is 8.78 Å². The zero-order valence-electron chi connectivity index (χ0n) is 12.2. The van der Waals surface area contributed by atoms with Crippen LogP contribution in [0.15, 0.2) is 42.5 Å². The van der Waals surface area contributed by atoms with E-state index in [-0.39, 0.29) is 6.04 Å². The van der Waals surface area contributed by atoms with E-state index in [1.165, 1.54) is 12.1 Å². The summed E-state index contributed by atoms with van der Waals surface area (Å²) < 4.78 is 31.5. The summed E-state index contributed by atoms with van der Waals surface area (Å²) in [5.41, 5.74) is 2.80. The first-order valence-electron chi connectivity index (χ1n) is 6.84. The second-order valence-electron chi connectivity index (χ2n) is 5.06. The molecule has 2 aromatic carbocycles. The van der Waals surface area contributed by atoms with Gasteiger partial charge in [0.25, 0.3) is 0 Å². The lowest BCUT2D eigenvalue weighted by atomic mass is 10.1. The molecule has 0 radical (unpaired) electrons. The van der Waals surface area contributed by atoms with Gasteiger partial charge < -0.3 is 10.1 Å². The molecule has 2 nitrogen and oxygen atoms in total. The number of hydrogen-bond donors (Lipinski definition) is 1. The van der Waals surface area contributed by atoms with Gasteiger partial charge in [0.2, 0.25) is 0 Å². The van der Waals surface area contributed by atoms with Crippen molar-refractivity contribution in [3.05, 3.63) is 70.8 Å². The van der Waals surface area contributed by atoms with Crippen LogP contribution in [0.1, 0.15) is 29.7 Å². The van der Waals surface area contributed by atoms with Gasteiger partial charge in [-0.3, -0.25) is 0 Å². The second-order valence-corrected chi connectivity index (χ2v) is 5.06. The van der Waals surface area contributed by atoms with Gasteiger partial charge in [0.1, 0.15) is 11.6 Å². The molecular weight excluding hydrogens is 272 g/mol. The fourth-order valence-electron chi connectivity index (χ4n) is 2.21. The van der Waals surface area contributed by atoms with Crippen molar-refractivity contribution in [2.75, 3.05) is 7.11 Å². The summed E-state index contributed by atoms with van der Waals surface area (Å²) in [6, 6.07) is 11.5. The van der Waals surface area contributed by atoms with Gasteiger partial charge in [0, 0.05) is 25.8 Å². The predicted octanol–water partition coefficient (Wildman–Crippen LogP) is 3.96. The summed E-state index contributed by atoms with van der Waals surface area (Å²) in [7, 11) is 1.66. The molecule has 0 saturated carbocycles. The molecule has 0 aliphatic carbocycles. The van der Waals surface area contributed by atoms with E-state index in [1.54, 1.807) is 7.11 Å². The van der Waals surface area contributed by atoms with Crippen LogP contribution in [0.2, 0.25) is 0 Å². The highest BCUT2D eigenvalue weighted by atomic mass is 19.1. The van der Waals surface area contributed by atoms with E-state index in [0.29, 0.717) is 18.7 Å². The van der Waals surface area contributed by atoms with Crippen LogP contribution in [0.3, 0.4) is 0 Å². The fourth-order valence-corrected chi connectivity index (χ4v) is 2.21. The molecule has 1 atom stereocenters. The van der Waals surface area contributed by atoms with Gasteiger partial charge in [0.05, 0.1) is 6.61 Å². The molecule has 0 fully saturated rings. The first-order valence-corrected chi connectivity index (χ1v) is 6.84. The third kappa shape index (κ3) is 4.62. The van der Waals surface area contributed by atoms with Crippen LogP contribution in [0.25, 0.3) is 0 Å². The van der Waals surface area contributed by atoms with Gasteiger partial charge in [-0.15, -0.1) is 0 Å². The summed E-state index contributed by atoms with van der Waals surface area (Å²) >= 11 is 0. The molecule has 0 heterocycles. The zero-order valence-corrected chi connectivity index (χ0v) is 12.2. The normalized spacial score (nSPS) is 12.4. The lowest BCUT2D eigenvalue weighted by molar-refractivity contribution is 0.185. The highest BCUT2D eigenvalue weighted by molar-refractivity contribution is 5.24. The Labute approximate surface area is 123 Å². The maximum absolute atomic E-state index is 13.2. The Morgan fingerprint density at radius 2 is 1.71 bits per heavy atom. The zero-order chi connectivity index (χ0) is 15.2. The molecular formula is C17H19F2NO. The Morgan fingerprint density at radius 3 is 2.38 bits per heavy atom. The third-order valence-corrected chi connectivity index (χ3v) is 3.30. The first kappa shape index (κ1) is 15.6. The Morgan fingerprint density at radius 1 is 1.05 bits per heavy atom. The van der Waals surface area contributed by atoms with Gasteiger partial charge in [-0.25, -0.2) is 8.78 Å². The van der Waals surface area contributed by atoms with Crippen LogP contribution in [0, 0.1) is 11.6 Å². The van der Waals surface area contributed by atoms with E-state index in [1.807, 2.05) is 25.1 Å². The summed E-state index contributed by atoms with van der Waals surface area (Å²) in [5.74, 6) is -1.11. The van der Waals surface area contributed by atoms with Crippen molar-refractivity contribution in [3.63, 3.8) is 0 Å². The van der Waals surface area contributed by atoms with Crippen molar-refractivity contribution in [2.45, 2.75) is 26.1 Å². The minimum Gasteiger partial charge on any atom is -0.380 e. The number of methoxy groups -OCH3 is 1. The molecule has 0 aliphatic rings. The predicted molar refractivity (Wildman–Crippen MR) is 78.8 cm³/mol. The lowest BCUT2D eigenvalue weighted by Gasteiger charge is -2.15. The van der Waals surface area contributed by atoms with Gasteiger partial charge in [0.15, 0.2) is 0 Å². The molecule has 21 heavy (non-hydrogen) atoms. The molecule has 0 bridgehead atoms. The Balaban J connectivity index is 2.00. The molecule has 0 amide bonds. The van der Waals surface area contributed by atoms with Crippen LogP contribution in [0.4, 0.5) is 8.78 Å². The Kier molecular flexibility index (Phi) is 5.42. The van der Waals surface area contributed by atoms with Crippen molar-refractivity contribution < 1.29 is 13.5 Å². The number of ether oxygens (including phenoxy) is 1. The smallest absolute Gasteiger partial charge is 0.126 e. The molecule has 0 aliphatic heterocycles. The number of hydrogen-bond acceptors (Lipinski definition) is 2. The summed E-state index contributed by atoms with van der Waals surface area (Å²) in [5, 5.41) is 3.26. The van der Waals surface area contributed by atoms with Crippen LogP contribution in [-0.4, -0.2) is 7.11 Å². The molecule has 1 unspecified atom stereocenters. The third-order valence-electron chi connectivity index (χ3n) is 3.30. The SMILES string of the molecule is COCc1cccc(CNC(C)c2cc(F)cc(F)c2)c1. The molecule has 0 aromatic heterocycles. The average molecular weight is 291 g/mol. The van der Waals surface area contributed by atoms with Crippen molar-refractivity contribution in [3.8, 4) is 0 Å². The number of rotatable bonds is 6. The molecule has 0 saturated heterocycles. The highest BCUT2D eigenvalue weighted by Gasteiger charge is 2.08. The molecule has 2 aromatic rings. The molecule has 0 spiro atoms. The molecule has 2 rings (SSSR count). The first-order chi connectivity index (χ1) is 10.1. The maximum atomic E-state index is 13.2. The topological polar surface area (TPSA) is 21.3 Å². The number of halogens is 2.